The van der Waals surface area contributed by atoms with Gasteiger partial charge >= 0.3 is 12.0 Å². The van der Waals surface area contributed by atoms with E-state index in [-0.39, 0.29) is 12.5 Å². The Hall–Kier alpha value is -3.35. The number of nitrogens with one attached hydrogen (secondary N) is 2. The summed E-state index contributed by atoms with van der Waals surface area (Å²) in [5, 5.41) is 5.18. The molecule has 0 saturated heterocycles. The summed E-state index contributed by atoms with van der Waals surface area (Å²) in [5.41, 5.74) is 8.21. The lowest BCUT2D eigenvalue weighted by molar-refractivity contribution is -0.150. The van der Waals surface area contributed by atoms with Gasteiger partial charge in [0.2, 0.25) is 0 Å². The van der Waals surface area contributed by atoms with E-state index in [0.717, 1.165) is 17.5 Å². The first kappa shape index (κ1) is 23.9. The number of carbonyl (C=O) groups excluding carboxylic acids is 3. The van der Waals surface area contributed by atoms with Crippen molar-refractivity contribution in [3.63, 3.8) is 0 Å². The zero-order valence-electron chi connectivity index (χ0n) is 18.3. The smallest absolute Gasteiger partial charge is 0.329 e. The van der Waals surface area contributed by atoms with Gasteiger partial charge in [0.1, 0.15) is 6.04 Å². The van der Waals surface area contributed by atoms with Crippen LogP contribution in [-0.4, -0.2) is 30.6 Å². The molecular formula is C24H31N3O4. The van der Waals surface area contributed by atoms with Crippen molar-refractivity contribution in [3.05, 3.63) is 71.3 Å². The number of ether oxygens (including phenoxy) is 1. The predicted octanol–water partition coefficient (Wildman–Crippen LogP) is 2.89. The average molecular weight is 426 g/mol. The first-order valence-electron chi connectivity index (χ1n) is 10.4. The molecule has 3 amide bonds. The molecule has 0 heterocycles. The minimum absolute atomic E-state index is 0.212. The lowest BCUT2D eigenvalue weighted by atomic mass is 10.00. The average Bonchev–Trinajstić information content (AvgIpc) is 2.72. The third kappa shape index (κ3) is 8.50. The number of primary amides is 1. The highest BCUT2D eigenvalue weighted by Gasteiger charge is 2.23. The van der Waals surface area contributed by atoms with Crippen LogP contribution in [0.1, 0.15) is 43.5 Å². The molecule has 0 spiro atoms. The van der Waals surface area contributed by atoms with Crippen LogP contribution in [0, 0.1) is 5.92 Å². The minimum atomic E-state index is -0.973. The van der Waals surface area contributed by atoms with E-state index in [1.165, 1.54) is 5.56 Å². The van der Waals surface area contributed by atoms with Crippen molar-refractivity contribution in [2.45, 2.75) is 45.7 Å². The van der Waals surface area contributed by atoms with Gasteiger partial charge < -0.3 is 21.1 Å². The molecule has 0 aliphatic heterocycles. The number of hydrogen-bond acceptors (Lipinski definition) is 4. The summed E-state index contributed by atoms with van der Waals surface area (Å²) < 4.78 is 5.12. The zero-order chi connectivity index (χ0) is 22.8. The summed E-state index contributed by atoms with van der Waals surface area (Å²) in [4.78, 5) is 35.9. The summed E-state index contributed by atoms with van der Waals surface area (Å²) in [7, 11) is 0. The molecule has 7 nitrogen and oxygen atoms in total. The molecule has 0 saturated carbocycles. The van der Waals surface area contributed by atoms with Crippen LogP contribution in [-0.2, 0) is 27.2 Å². The van der Waals surface area contributed by atoms with Crippen molar-refractivity contribution in [1.29, 1.82) is 0 Å². The van der Waals surface area contributed by atoms with Gasteiger partial charge in [-0.3, -0.25) is 4.79 Å². The second-order valence-corrected chi connectivity index (χ2v) is 7.99. The van der Waals surface area contributed by atoms with E-state index in [1.54, 1.807) is 0 Å². The van der Waals surface area contributed by atoms with Crippen LogP contribution < -0.4 is 16.4 Å². The Balaban J connectivity index is 1.87. The molecule has 2 aromatic rings. The second-order valence-electron chi connectivity index (χ2n) is 7.99. The third-order valence-electron chi connectivity index (χ3n) is 4.73. The third-order valence-corrected chi connectivity index (χ3v) is 4.73. The summed E-state index contributed by atoms with van der Waals surface area (Å²) >= 11 is 0. The molecule has 0 aliphatic carbocycles. The standard InChI is InChI=1S/C24H31N3O4/c1-16(2)13-19-9-11-20(12-10-19)17(3)26-22(28)15-31-23(29)21(27-24(25)30)14-18-7-5-4-6-8-18/h4-12,16-17,21H,13-15H2,1-3H3,(H,26,28)(H3,25,27,30)/t17-,21-/m0/s1. The first-order valence-corrected chi connectivity index (χ1v) is 10.4. The molecule has 0 aliphatic rings. The Kier molecular flexibility index (Phi) is 9.06. The summed E-state index contributed by atoms with van der Waals surface area (Å²) in [6.45, 7) is 5.76. The molecule has 4 N–H and O–H groups in total. The van der Waals surface area contributed by atoms with E-state index in [1.807, 2.05) is 49.4 Å². The van der Waals surface area contributed by atoms with Gasteiger partial charge in [0.25, 0.3) is 5.91 Å². The number of nitrogens with two attached hydrogens (primary N) is 1. The van der Waals surface area contributed by atoms with Crippen LogP contribution in [0.2, 0.25) is 0 Å². The van der Waals surface area contributed by atoms with Gasteiger partial charge in [-0.05, 0) is 36.0 Å². The predicted molar refractivity (Wildman–Crippen MR) is 119 cm³/mol. The highest BCUT2D eigenvalue weighted by atomic mass is 16.5. The van der Waals surface area contributed by atoms with Gasteiger partial charge in [-0.25, -0.2) is 9.59 Å². The van der Waals surface area contributed by atoms with Crippen LogP contribution in [0.5, 0.6) is 0 Å². The van der Waals surface area contributed by atoms with Gasteiger partial charge in [0, 0.05) is 6.42 Å². The number of esters is 1. The molecule has 0 aromatic heterocycles. The molecule has 2 atom stereocenters. The Bertz CT molecular complexity index is 866. The number of benzene rings is 2. The molecule has 0 radical (unpaired) electrons. The molecule has 31 heavy (non-hydrogen) atoms. The van der Waals surface area contributed by atoms with Crippen LogP contribution in [0.25, 0.3) is 0 Å². The lowest BCUT2D eigenvalue weighted by Crippen LogP contribution is -2.46. The van der Waals surface area contributed by atoms with E-state index in [4.69, 9.17) is 10.5 Å². The Labute approximate surface area is 183 Å². The summed E-state index contributed by atoms with van der Waals surface area (Å²) in [5.74, 6) is -0.569. The van der Waals surface area contributed by atoms with E-state index >= 15 is 0 Å². The molecule has 166 valence electrons. The number of hydrogen-bond donors (Lipinski definition) is 3. The van der Waals surface area contributed by atoms with Crippen molar-refractivity contribution in [2.75, 3.05) is 6.61 Å². The van der Waals surface area contributed by atoms with Gasteiger partial charge in [0.15, 0.2) is 6.61 Å². The SMILES string of the molecule is CC(C)Cc1ccc([C@H](C)NC(=O)COC(=O)[C@H](Cc2ccccc2)NC(N)=O)cc1. The molecular weight excluding hydrogens is 394 g/mol. The first-order chi connectivity index (χ1) is 14.7. The van der Waals surface area contributed by atoms with Crippen molar-refractivity contribution in [1.82, 2.24) is 10.6 Å². The highest BCUT2D eigenvalue weighted by Crippen LogP contribution is 2.15. The topological polar surface area (TPSA) is 111 Å². The number of rotatable bonds is 10. The molecule has 7 heteroatoms. The minimum Gasteiger partial charge on any atom is -0.454 e. The van der Waals surface area contributed by atoms with Crippen LogP contribution >= 0.6 is 0 Å². The Morgan fingerprint density at radius 1 is 0.871 bits per heavy atom. The molecule has 0 unspecified atom stereocenters. The van der Waals surface area contributed by atoms with Crippen LogP contribution in [0.4, 0.5) is 4.79 Å². The Morgan fingerprint density at radius 3 is 2.06 bits per heavy atom. The van der Waals surface area contributed by atoms with Crippen LogP contribution in [0.3, 0.4) is 0 Å². The molecule has 0 bridgehead atoms. The fraction of sp³-hybridized carbons (Fsp3) is 0.375. The number of urea groups is 1. The lowest BCUT2D eigenvalue weighted by Gasteiger charge is -2.18. The maximum absolute atomic E-state index is 12.4. The van der Waals surface area contributed by atoms with E-state index < -0.39 is 30.6 Å². The van der Waals surface area contributed by atoms with Gasteiger partial charge in [-0.2, -0.15) is 0 Å². The maximum atomic E-state index is 12.4. The van der Waals surface area contributed by atoms with E-state index in [9.17, 15) is 14.4 Å². The normalized spacial score (nSPS) is 12.6. The summed E-state index contributed by atoms with van der Waals surface area (Å²) in [6.07, 6.45) is 1.21. The molecule has 2 rings (SSSR count). The monoisotopic (exact) mass is 425 g/mol. The largest absolute Gasteiger partial charge is 0.454 e. The van der Waals surface area contributed by atoms with E-state index in [2.05, 4.69) is 36.6 Å². The van der Waals surface area contributed by atoms with Crippen molar-refractivity contribution >= 4 is 17.9 Å². The van der Waals surface area contributed by atoms with Crippen molar-refractivity contribution in [3.8, 4) is 0 Å². The number of amides is 3. The Morgan fingerprint density at radius 2 is 1.48 bits per heavy atom. The van der Waals surface area contributed by atoms with Gasteiger partial charge in [-0.15, -0.1) is 0 Å². The summed E-state index contributed by atoms with van der Waals surface area (Å²) in [6, 6.07) is 15.2. The van der Waals surface area contributed by atoms with Crippen molar-refractivity contribution < 1.29 is 19.1 Å². The zero-order valence-corrected chi connectivity index (χ0v) is 18.3. The van der Waals surface area contributed by atoms with E-state index in [0.29, 0.717) is 5.92 Å². The van der Waals surface area contributed by atoms with Crippen LogP contribution in [0.15, 0.2) is 54.6 Å². The second kappa shape index (κ2) is 11.7. The fourth-order valence-corrected chi connectivity index (χ4v) is 3.23. The van der Waals surface area contributed by atoms with Crippen molar-refractivity contribution in [2.24, 2.45) is 11.7 Å². The van der Waals surface area contributed by atoms with Gasteiger partial charge in [-0.1, -0.05) is 68.4 Å². The fourth-order valence-electron chi connectivity index (χ4n) is 3.23. The molecule has 0 fully saturated rings. The highest BCUT2D eigenvalue weighted by molar-refractivity contribution is 5.85. The van der Waals surface area contributed by atoms with Gasteiger partial charge in [0.05, 0.1) is 6.04 Å². The maximum Gasteiger partial charge on any atom is 0.329 e. The number of carbonyl (C=O) groups is 3. The molecule has 2 aromatic carbocycles. The quantitative estimate of drug-likeness (QED) is 0.508.